The Morgan fingerprint density at radius 2 is 1.95 bits per heavy atom. The van der Waals surface area contributed by atoms with E-state index in [0.717, 1.165) is 0 Å². The number of esters is 1. The Kier molecular flexibility index (Phi) is 5.61. The fourth-order valence-corrected chi connectivity index (χ4v) is 3.58. The second kappa shape index (κ2) is 6.64. The van der Waals surface area contributed by atoms with Crippen LogP contribution in [0.2, 0.25) is 5.02 Å². The summed E-state index contributed by atoms with van der Waals surface area (Å²) in [6.45, 7) is 5.03. The van der Waals surface area contributed by atoms with Crippen LogP contribution in [0.3, 0.4) is 0 Å². The number of nitrogens with one attached hydrogen (secondary N) is 1. The SMILES string of the molecule is COC(=O)C(NS(=O)(=O)c1cc(N)c(Cl)cc1C)C(C)C. The van der Waals surface area contributed by atoms with Gasteiger partial charge in [-0.05, 0) is 30.5 Å². The predicted molar refractivity (Wildman–Crippen MR) is 81.6 cm³/mol. The number of benzene rings is 1. The number of sulfonamides is 1. The van der Waals surface area contributed by atoms with Gasteiger partial charge in [-0.2, -0.15) is 4.72 Å². The Hall–Kier alpha value is -1.31. The highest BCUT2D eigenvalue weighted by atomic mass is 35.5. The largest absolute Gasteiger partial charge is 0.468 e. The lowest BCUT2D eigenvalue weighted by Crippen LogP contribution is -2.45. The lowest BCUT2D eigenvalue weighted by molar-refractivity contribution is -0.143. The first-order chi connectivity index (χ1) is 9.60. The topological polar surface area (TPSA) is 98.5 Å². The van der Waals surface area contributed by atoms with Gasteiger partial charge in [0.2, 0.25) is 10.0 Å². The Morgan fingerprint density at radius 1 is 1.38 bits per heavy atom. The molecule has 0 heterocycles. The standard InChI is InChI=1S/C13H19ClN2O4S/c1-7(2)12(13(17)20-4)16-21(18,19)11-6-10(15)9(14)5-8(11)3/h5-7,12,16H,15H2,1-4H3. The van der Waals surface area contributed by atoms with Gasteiger partial charge in [0.25, 0.3) is 0 Å². The Bertz CT molecular complexity index is 644. The molecule has 0 aliphatic rings. The maximum atomic E-state index is 12.4. The maximum absolute atomic E-state index is 12.4. The van der Waals surface area contributed by atoms with Gasteiger partial charge in [-0.25, -0.2) is 8.42 Å². The number of nitrogens with two attached hydrogens (primary N) is 1. The summed E-state index contributed by atoms with van der Waals surface area (Å²) in [5.41, 5.74) is 6.24. The summed E-state index contributed by atoms with van der Waals surface area (Å²) in [5, 5.41) is 0.278. The van der Waals surface area contributed by atoms with Crippen LogP contribution in [0.15, 0.2) is 17.0 Å². The molecule has 1 aromatic rings. The van der Waals surface area contributed by atoms with Gasteiger partial charge < -0.3 is 10.5 Å². The highest BCUT2D eigenvalue weighted by molar-refractivity contribution is 7.89. The van der Waals surface area contributed by atoms with Crippen molar-refractivity contribution in [2.24, 2.45) is 5.92 Å². The molecule has 0 bridgehead atoms. The molecule has 3 N–H and O–H groups in total. The molecule has 0 saturated heterocycles. The van der Waals surface area contributed by atoms with Crippen LogP contribution in [0.5, 0.6) is 0 Å². The van der Waals surface area contributed by atoms with Crippen molar-refractivity contribution in [3.63, 3.8) is 0 Å². The van der Waals surface area contributed by atoms with Crippen LogP contribution < -0.4 is 10.5 Å². The van der Waals surface area contributed by atoms with E-state index >= 15 is 0 Å². The predicted octanol–water partition coefficient (Wildman–Crippen LogP) is 1.71. The number of nitrogen functional groups attached to an aromatic ring is 1. The molecule has 1 unspecified atom stereocenters. The fraction of sp³-hybridized carbons (Fsp3) is 0.462. The number of halogens is 1. The molecule has 0 saturated carbocycles. The molecule has 1 atom stereocenters. The summed E-state index contributed by atoms with van der Waals surface area (Å²) in [7, 11) is -2.71. The highest BCUT2D eigenvalue weighted by Gasteiger charge is 2.30. The third-order valence-electron chi connectivity index (χ3n) is 2.99. The molecule has 1 rings (SSSR count). The minimum Gasteiger partial charge on any atom is -0.468 e. The first-order valence-corrected chi connectivity index (χ1v) is 8.12. The maximum Gasteiger partial charge on any atom is 0.324 e. The minimum atomic E-state index is -3.92. The van der Waals surface area contributed by atoms with Gasteiger partial charge in [0, 0.05) is 0 Å². The van der Waals surface area contributed by atoms with Gasteiger partial charge in [-0.15, -0.1) is 0 Å². The number of hydrogen-bond acceptors (Lipinski definition) is 5. The summed E-state index contributed by atoms with van der Waals surface area (Å²) in [6.07, 6.45) is 0. The van der Waals surface area contributed by atoms with E-state index in [9.17, 15) is 13.2 Å². The molecule has 8 heteroatoms. The van der Waals surface area contributed by atoms with E-state index in [1.54, 1.807) is 20.8 Å². The molecule has 0 spiro atoms. The number of methoxy groups -OCH3 is 1. The quantitative estimate of drug-likeness (QED) is 0.631. The van der Waals surface area contributed by atoms with E-state index in [4.69, 9.17) is 17.3 Å². The first-order valence-electron chi connectivity index (χ1n) is 6.26. The minimum absolute atomic E-state index is 0.0149. The number of ether oxygens (including phenoxy) is 1. The summed E-state index contributed by atoms with van der Waals surface area (Å²) in [6, 6.07) is 1.76. The Balaban J connectivity index is 3.23. The smallest absolute Gasteiger partial charge is 0.324 e. The molecule has 0 fully saturated rings. The van der Waals surface area contributed by atoms with Crippen LogP contribution in [0.1, 0.15) is 19.4 Å². The van der Waals surface area contributed by atoms with Gasteiger partial charge in [-0.3, -0.25) is 4.79 Å². The normalized spacial score (nSPS) is 13.2. The summed E-state index contributed by atoms with van der Waals surface area (Å²) in [4.78, 5) is 11.7. The van der Waals surface area contributed by atoms with Crippen LogP contribution in [-0.4, -0.2) is 27.5 Å². The molecule has 0 radical (unpaired) electrons. The fourth-order valence-electron chi connectivity index (χ4n) is 1.77. The molecule has 118 valence electrons. The number of hydrogen-bond donors (Lipinski definition) is 2. The van der Waals surface area contributed by atoms with Crippen molar-refractivity contribution in [3.05, 3.63) is 22.7 Å². The van der Waals surface area contributed by atoms with E-state index in [0.29, 0.717) is 5.56 Å². The van der Waals surface area contributed by atoms with Gasteiger partial charge in [0.1, 0.15) is 6.04 Å². The highest BCUT2D eigenvalue weighted by Crippen LogP contribution is 2.26. The zero-order chi connectivity index (χ0) is 16.4. The summed E-state index contributed by atoms with van der Waals surface area (Å²) in [5.74, 6) is -0.912. The van der Waals surface area contributed by atoms with E-state index in [1.165, 1.54) is 19.2 Å². The van der Waals surface area contributed by atoms with Crippen LogP contribution in [0.25, 0.3) is 0 Å². The van der Waals surface area contributed by atoms with E-state index in [1.807, 2.05) is 0 Å². The lowest BCUT2D eigenvalue weighted by atomic mass is 10.1. The van der Waals surface area contributed by atoms with Crippen molar-refractivity contribution in [3.8, 4) is 0 Å². The van der Waals surface area contributed by atoms with Crippen LogP contribution in [-0.2, 0) is 19.6 Å². The zero-order valence-electron chi connectivity index (χ0n) is 12.3. The molecule has 0 aliphatic heterocycles. The zero-order valence-corrected chi connectivity index (χ0v) is 13.9. The summed E-state index contributed by atoms with van der Waals surface area (Å²) >= 11 is 5.85. The average Bonchev–Trinajstić information content (AvgIpc) is 2.38. The van der Waals surface area contributed by atoms with Crippen LogP contribution in [0.4, 0.5) is 5.69 Å². The monoisotopic (exact) mass is 334 g/mol. The first kappa shape index (κ1) is 17.7. The second-order valence-electron chi connectivity index (χ2n) is 5.01. The van der Waals surface area contributed by atoms with Crippen molar-refractivity contribution in [2.75, 3.05) is 12.8 Å². The van der Waals surface area contributed by atoms with E-state index in [2.05, 4.69) is 9.46 Å². The van der Waals surface area contributed by atoms with Crippen molar-refractivity contribution in [2.45, 2.75) is 31.7 Å². The van der Waals surface area contributed by atoms with E-state index < -0.39 is 22.0 Å². The van der Waals surface area contributed by atoms with Gasteiger partial charge in [0.05, 0.1) is 22.7 Å². The summed E-state index contributed by atoms with van der Waals surface area (Å²) < 4.78 is 31.8. The molecule has 0 aliphatic carbocycles. The van der Waals surface area contributed by atoms with Gasteiger partial charge in [0.15, 0.2) is 0 Å². The number of carbonyl (C=O) groups excluding carboxylic acids is 1. The van der Waals surface area contributed by atoms with Crippen molar-refractivity contribution < 1.29 is 17.9 Å². The molecule has 0 aromatic heterocycles. The van der Waals surface area contributed by atoms with Gasteiger partial charge >= 0.3 is 5.97 Å². The van der Waals surface area contributed by atoms with Gasteiger partial charge in [-0.1, -0.05) is 25.4 Å². The molecule has 1 aromatic carbocycles. The Morgan fingerprint density at radius 3 is 2.43 bits per heavy atom. The van der Waals surface area contributed by atoms with Crippen LogP contribution in [0, 0.1) is 12.8 Å². The van der Waals surface area contributed by atoms with E-state index in [-0.39, 0.29) is 21.5 Å². The second-order valence-corrected chi connectivity index (χ2v) is 7.09. The number of aryl methyl sites for hydroxylation is 1. The third kappa shape index (κ3) is 4.09. The number of rotatable bonds is 5. The molecular formula is C13H19ClN2O4S. The molecule has 0 amide bonds. The molecule has 21 heavy (non-hydrogen) atoms. The molecular weight excluding hydrogens is 316 g/mol. The third-order valence-corrected chi connectivity index (χ3v) is 4.90. The van der Waals surface area contributed by atoms with Crippen LogP contribution >= 0.6 is 11.6 Å². The number of carbonyl (C=O) groups is 1. The number of anilines is 1. The lowest BCUT2D eigenvalue weighted by Gasteiger charge is -2.20. The van der Waals surface area contributed by atoms with Crippen molar-refractivity contribution >= 4 is 33.3 Å². The molecule has 6 nitrogen and oxygen atoms in total. The van der Waals surface area contributed by atoms with Crippen molar-refractivity contribution in [1.29, 1.82) is 0 Å². The van der Waals surface area contributed by atoms with Crippen molar-refractivity contribution in [1.82, 2.24) is 4.72 Å². The Labute approximate surface area is 129 Å². The average molecular weight is 335 g/mol.